The third-order valence-corrected chi connectivity index (χ3v) is 5.60. The summed E-state index contributed by atoms with van der Waals surface area (Å²) in [5, 5.41) is 14.3. The molecule has 30 heavy (non-hydrogen) atoms. The topological polar surface area (TPSA) is 64.7 Å². The molecular weight excluding hydrogens is 374 g/mol. The Morgan fingerprint density at radius 3 is 1.83 bits per heavy atom. The summed E-state index contributed by atoms with van der Waals surface area (Å²) in [6.07, 6.45) is 0. The summed E-state index contributed by atoms with van der Waals surface area (Å²) in [4.78, 5) is 0. The van der Waals surface area contributed by atoms with Crippen molar-refractivity contribution in [2.75, 3.05) is 14.2 Å². The first-order chi connectivity index (χ1) is 14.6. The van der Waals surface area contributed by atoms with Crippen molar-refractivity contribution in [2.24, 2.45) is 5.73 Å². The minimum atomic E-state index is -1.49. The highest BCUT2D eigenvalue weighted by Crippen LogP contribution is 2.42. The van der Waals surface area contributed by atoms with Crippen molar-refractivity contribution in [3.05, 3.63) is 108 Å². The molecule has 0 aliphatic heterocycles. The molecule has 0 aliphatic rings. The zero-order valence-electron chi connectivity index (χ0n) is 17.1. The molecule has 0 spiro atoms. The van der Waals surface area contributed by atoms with E-state index in [4.69, 9.17) is 15.2 Å². The predicted octanol–water partition coefficient (Wildman–Crippen LogP) is 4.79. The van der Waals surface area contributed by atoms with Gasteiger partial charge in [0.05, 0.1) is 20.3 Å². The van der Waals surface area contributed by atoms with Crippen LogP contribution in [0, 0.1) is 0 Å². The van der Waals surface area contributed by atoms with Gasteiger partial charge in [-0.05, 0) is 57.8 Å². The lowest BCUT2D eigenvalue weighted by molar-refractivity contribution is 0.0508. The lowest BCUT2D eigenvalue weighted by atomic mass is 9.77. The number of ether oxygens (including phenoxy) is 2. The molecule has 4 nitrogen and oxygen atoms in total. The Balaban J connectivity index is 1.90. The fourth-order valence-electron chi connectivity index (χ4n) is 3.89. The lowest BCUT2D eigenvalue weighted by Crippen LogP contribution is -2.39. The van der Waals surface area contributed by atoms with Crippen molar-refractivity contribution >= 4 is 10.8 Å². The fraction of sp³-hybridized carbons (Fsp3) is 0.154. The monoisotopic (exact) mass is 399 g/mol. The second-order valence-electron chi connectivity index (χ2n) is 7.31. The normalized spacial score (nSPS) is 12.5. The number of aliphatic hydroxyl groups is 1. The Morgan fingerprint density at radius 1 is 0.700 bits per heavy atom. The van der Waals surface area contributed by atoms with Gasteiger partial charge in [-0.2, -0.15) is 0 Å². The smallest absolute Gasteiger partial charge is 0.134 e. The average Bonchev–Trinajstić information content (AvgIpc) is 2.82. The van der Waals surface area contributed by atoms with Gasteiger partial charge >= 0.3 is 0 Å². The van der Waals surface area contributed by atoms with Gasteiger partial charge in [0.2, 0.25) is 0 Å². The van der Waals surface area contributed by atoms with Gasteiger partial charge in [-0.15, -0.1) is 0 Å². The highest BCUT2D eigenvalue weighted by atomic mass is 16.5. The van der Waals surface area contributed by atoms with E-state index in [1.165, 1.54) is 0 Å². The van der Waals surface area contributed by atoms with Crippen LogP contribution in [0.2, 0.25) is 0 Å². The Kier molecular flexibility index (Phi) is 5.44. The first-order valence-corrected chi connectivity index (χ1v) is 9.82. The molecule has 4 aromatic carbocycles. The van der Waals surface area contributed by atoms with Gasteiger partial charge in [-0.3, -0.25) is 0 Å². The van der Waals surface area contributed by atoms with Crippen molar-refractivity contribution in [2.45, 2.75) is 11.6 Å². The summed E-state index contributed by atoms with van der Waals surface area (Å²) in [7, 11) is 3.21. The molecule has 1 atom stereocenters. The lowest BCUT2D eigenvalue weighted by Gasteiger charge is -2.36. The van der Waals surface area contributed by atoms with Crippen molar-refractivity contribution in [1.29, 1.82) is 0 Å². The van der Waals surface area contributed by atoms with Crippen LogP contribution in [0.4, 0.5) is 0 Å². The molecule has 0 heterocycles. The Hall–Kier alpha value is -3.34. The number of hydrogen-bond donors (Lipinski definition) is 2. The van der Waals surface area contributed by atoms with Crippen molar-refractivity contribution in [3.63, 3.8) is 0 Å². The Labute approximate surface area is 176 Å². The van der Waals surface area contributed by atoms with Crippen LogP contribution >= 0.6 is 0 Å². The number of rotatable bonds is 6. The minimum absolute atomic E-state index is 0.649. The van der Waals surface area contributed by atoms with E-state index in [-0.39, 0.29) is 0 Å². The van der Waals surface area contributed by atoms with Crippen LogP contribution in [-0.2, 0) is 5.60 Å². The van der Waals surface area contributed by atoms with Gasteiger partial charge in [0, 0.05) is 0 Å². The second kappa shape index (κ2) is 8.19. The maximum absolute atomic E-state index is 12.2. The Bertz CT molecular complexity index is 1120. The van der Waals surface area contributed by atoms with Crippen LogP contribution in [0.3, 0.4) is 0 Å². The first kappa shape index (κ1) is 20.0. The quantitative estimate of drug-likeness (QED) is 0.489. The van der Waals surface area contributed by atoms with Gasteiger partial charge in [0.25, 0.3) is 0 Å². The molecule has 0 amide bonds. The molecule has 4 rings (SSSR count). The molecule has 4 heteroatoms. The maximum Gasteiger partial charge on any atom is 0.134 e. The maximum atomic E-state index is 12.2. The summed E-state index contributed by atoms with van der Waals surface area (Å²) in [5.41, 5.74) is 7.42. The summed E-state index contributed by atoms with van der Waals surface area (Å²) in [5.74, 6) is 1.30. The molecule has 3 N–H and O–H groups in total. The molecule has 0 radical (unpaired) electrons. The first-order valence-electron chi connectivity index (χ1n) is 9.82. The van der Waals surface area contributed by atoms with Crippen molar-refractivity contribution in [1.82, 2.24) is 0 Å². The number of hydrogen-bond acceptors (Lipinski definition) is 4. The SMILES string of the molecule is COc1cccc(C(O)(c2cccc(OC)c2)C(N)c2ccc3ccccc3c2)c1. The third kappa shape index (κ3) is 3.52. The van der Waals surface area contributed by atoms with E-state index in [1.807, 2.05) is 84.9 Å². The van der Waals surface area contributed by atoms with Crippen LogP contribution in [0.1, 0.15) is 22.7 Å². The van der Waals surface area contributed by atoms with E-state index in [1.54, 1.807) is 14.2 Å². The van der Waals surface area contributed by atoms with Crippen molar-refractivity contribution < 1.29 is 14.6 Å². The number of nitrogens with two attached hydrogens (primary N) is 1. The van der Waals surface area contributed by atoms with E-state index in [0.717, 1.165) is 16.3 Å². The Morgan fingerprint density at radius 2 is 1.27 bits per heavy atom. The zero-order chi connectivity index (χ0) is 21.1. The molecule has 0 fully saturated rings. The van der Waals surface area contributed by atoms with E-state index < -0.39 is 11.6 Å². The molecular formula is C26H25NO3. The summed E-state index contributed by atoms with van der Waals surface area (Å²) in [6.45, 7) is 0. The van der Waals surface area contributed by atoms with Crippen molar-refractivity contribution in [3.8, 4) is 11.5 Å². The number of fused-ring (bicyclic) bond motifs is 1. The van der Waals surface area contributed by atoms with Gasteiger partial charge in [-0.1, -0.05) is 60.7 Å². The van der Waals surface area contributed by atoms with Gasteiger partial charge in [0.15, 0.2) is 0 Å². The van der Waals surface area contributed by atoms with E-state index in [2.05, 4.69) is 6.07 Å². The largest absolute Gasteiger partial charge is 0.497 e. The predicted molar refractivity (Wildman–Crippen MR) is 120 cm³/mol. The molecule has 0 aromatic heterocycles. The zero-order valence-corrected chi connectivity index (χ0v) is 17.1. The molecule has 0 saturated heterocycles. The van der Waals surface area contributed by atoms with Gasteiger partial charge in [0.1, 0.15) is 17.1 Å². The third-order valence-electron chi connectivity index (χ3n) is 5.60. The van der Waals surface area contributed by atoms with Crippen LogP contribution in [-0.4, -0.2) is 19.3 Å². The van der Waals surface area contributed by atoms with Crippen LogP contribution < -0.4 is 15.2 Å². The van der Waals surface area contributed by atoms with Gasteiger partial charge in [-0.25, -0.2) is 0 Å². The molecule has 0 aliphatic carbocycles. The highest BCUT2D eigenvalue weighted by Gasteiger charge is 2.40. The molecule has 4 aromatic rings. The number of methoxy groups -OCH3 is 2. The van der Waals surface area contributed by atoms with E-state index >= 15 is 0 Å². The molecule has 152 valence electrons. The highest BCUT2D eigenvalue weighted by molar-refractivity contribution is 5.83. The average molecular weight is 399 g/mol. The summed E-state index contributed by atoms with van der Waals surface area (Å²) >= 11 is 0. The minimum Gasteiger partial charge on any atom is -0.497 e. The second-order valence-corrected chi connectivity index (χ2v) is 7.31. The van der Waals surface area contributed by atoms with E-state index in [9.17, 15) is 5.11 Å². The molecule has 0 bridgehead atoms. The fourth-order valence-corrected chi connectivity index (χ4v) is 3.89. The van der Waals surface area contributed by atoms with Gasteiger partial charge < -0.3 is 20.3 Å². The summed E-state index contributed by atoms with van der Waals surface area (Å²) in [6, 6.07) is 28.2. The van der Waals surface area contributed by atoms with E-state index in [0.29, 0.717) is 22.6 Å². The van der Waals surface area contributed by atoms with Crippen LogP contribution in [0.15, 0.2) is 91.0 Å². The standard InChI is InChI=1S/C26H25NO3/c1-29-23-11-5-9-21(16-23)26(28,22-10-6-12-24(17-22)30-2)25(27)20-14-13-18-7-3-4-8-19(18)15-20/h3-17,25,28H,27H2,1-2H3. The molecule has 1 unspecified atom stereocenters. The summed E-state index contributed by atoms with van der Waals surface area (Å²) < 4.78 is 10.8. The van der Waals surface area contributed by atoms with Crippen LogP contribution in [0.25, 0.3) is 10.8 Å². The number of benzene rings is 4. The molecule has 0 saturated carbocycles. The van der Waals surface area contributed by atoms with Crippen LogP contribution in [0.5, 0.6) is 11.5 Å².